The van der Waals surface area contributed by atoms with E-state index in [0.717, 1.165) is 61.9 Å². The van der Waals surface area contributed by atoms with Crippen molar-refractivity contribution in [2.75, 3.05) is 70.5 Å². The van der Waals surface area contributed by atoms with Crippen molar-refractivity contribution in [1.82, 2.24) is 4.90 Å². The molecule has 0 aromatic heterocycles. The lowest BCUT2D eigenvalue weighted by atomic mass is 10.1. The maximum atomic E-state index is 5.91. The lowest BCUT2D eigenvalue weighted by Crippen LogP contribution is -2.44. The molecule has 0 N–H and O–H groups in total. The van der Waals surface area contributed by atoms with Gasteiger partial charge in [0.15, 0.2) is 0 Å². The summed E-state index contributed by atoms with van der Waals surface area (Å²) in [5.41, 5.74) is 7.20. The summed E-state index contributed by atoms with van der Waals surface area (Å²) >= 11 is 0. The largest absolute Gasteiger partial charge is 0.497 e. The van der Waals surface area contributed by atoms with Gasteiger partial charge in [-0.3, -0.25) is 0 Å². The van der Waals surface area contributed by atoms with E-state index in [4.69, 9.17) is 18.9 Å². The number of hydrogen-bond donors (Lipinski definition) is 0. The van der Waals surface area contributed by atoms with Crippen molar-refractivity contribution in [2.24, 2.45) is 0 Å². The molecule has 0 amide bonds. The van der Waals surface area contributed by atoms with Gasteiger partial charge >= 0.3 is 0 Å². The van der Waals surface area contributed by atoms with Gasteiger partial charge in [-0.25, -0.2) is 0 Å². The Hall–Kier alpha value is -4.04. The fourth-order valence-corrected chi connectivity index (χ4v) is 5.43. The standard InChI is InChI=1S/C37H45N3O4/c1-38-17-19-39(20-18-38)35-10-4-7-31(23-35)26-40(27-32-8-5-11-36(24-32)41-2)34-15-13-30(14-16-34)28-43-21-22-44-29-33-9-6-12-37(25-33)42-3/h4-16,23-25H,17-22,26-29H2,1-3H3. The Bertz CT molecular complexity index is 1440. The second-order valence-corrected chi connectivity index (χ2v) is 11.3. The zero-order valence-electron chi connectivity index (χ0n) is 26.3. The van der Waals surface area contributed by atoms with Crippen LogP contribution in [0, 0.1) is 0 Å². The highest BCUT2D eigenvalue weighted by Gasteiger charge is 2.16. The number of ether oxygens (including phenoxy) is 4. The number of rotatable bonds is 15. The Morgan fingerprint density at radius 3 is 1.77 bits per heavy atom. The predicted molar refractivity (Wildman–Crippen MR) is 178 cm³/mol. The minimum atomic E-state index is 0.538. The van der Waals surface area contributed by atoms with Crippen LogP contribution in [0.3, 0.4) is 0 Å². The SMILES string of the molecule is COc1cccc(COCCOCc2ccc(N(Cc3cccc(OC)c3)Cc3cccc(N4CCN(C)CC4)c3)cc2)c1. The molecule has 0 bridgehead atoms. The number of likely N-dealkylation sites (N-methyl/N-ethyl adjacent to an activating group) is 1. The number of anilines is 2. The molecule has 1 aliphatic rings. The molecule has 7 nitrogen and oxygen atoms in total. The van der Waals surface area contributed by atoms with Crippen LogP contribution in [-0.4, -0.2) is 65.6 Å². The number of hydrogen-bond acceptors (Lipinski definition) is 7. The van der Waals surface area contributed by atoms with Crippen LogP contribution in [0.25, 0.3) is 0 Å². The van der Waals surface area contributed by atoms with Gasteiger partial charge in [0.1, 0.15) is 11.5 Å². The maximum absolute atomic E-state index is 5.91. The Balaban J connectivity index is 1.19. The van der Waals surface area contributed by atoms with Crippen LogP contribution in [-0.2, 0) is 35.8 Å². The van der Waals surface area contributed by atoms with Gasteiger partial charge in [-0.1, -0.05) is 48.5 Å². The maximum Gasteiger partial charge on any atom is 0.119 e. The van der Waals surface area contributed by atoms with Crippen molar-refractivity contribution in [3.05, 3.63) is 119 Å². The van der Waals surface area contributed by atoms with Gasteiger partial charge in [0, 0.05) is 50.6 Å². The summed E-state index contributed by atoms with van der Waals surface area (Å²) in [6, 6.07) is 34.0. The quantitative estimate of drug-likeness (QED) is 0.148. The monoisotopic (exact) mass is 595 g/mol. The summed E-state index contributed by atoms with van der Waals surface area (Å²) < 4.78 is 22.5. The first-order valence-electron chi connectivity index (χ1n) is 15.4. The first-order chi connectivity index (χ1) is 21.6. The van der Waals surface area contributed by atoms with Crippen LogP contribution in [0.5, 0.6) is 11.5 Å². The average molecular weight is 596 g/mol. The van der Waals surface area contributed by atoms with E-state index in [1.807, 2.05) is 30.3 Å². The molecule has 232 valence electrons. The molecular weight excluding hydrogens is 550 g/mol. The molecule has 0 radical (unpaired) electrons. The molecule has 5 rings (SSSR count). The molecule has 1 fully saturated rings. The minimum absolute atomic E-state index is 0.538. The lowest BCUT2D eigenvalue weighted by molar-refractivity contribution is 0.0338. The molecule has 1 saturated heterocycles. The highest BCUT2D eigenvalue weighted by molar-refractivity contribution is 5.53. The zero-order valence-corrected chi connectivity index (χ0v) is 26.3. The fourth-order valence-electron chi connectivity index (χ4n) is 5.43. The van der Waals surface area contributed by atoms with E-state index in [-0.39, 0.29) is 0 Å². The molecule has 0 unspecified atom stereocenters. The molecule has 0 spiro atoms. The third-order valence-corrected chi connectivity index (χ3v) is 8.01. The molecule has 7 heteroatoms. The number of nitrogens with zero attached hydrogens (tertiary/aromatic N) is 3. The molecule has 1 heterocycles. The first kappa shape index (κ1) is 31.4. The minimum Gasteiger partial charge on any atom is -0.497 e. The molecule has 0 atom stereocenters. The molecule has 4 aromatic carbocycles. The molecule has 0 aliphatic carbocycles. The Morgan fingerprint density at radius 2 is 1.14 bits per heavy atom. The topological polar surface area (TPSA) is 46.6 Å². The van der Waals surface area contributed by atoms with Gasteiger partial charge in [0.25, 0.3) is 0 Å². The third-order valence-electron chi connectivity index (χ3n) is 8.01. The smallest absolute Gasteiger partial charge is 0.119 e. The average Bonchev–Trinajstić information content (AvgIpc) is 3.07. The summed E-state index contributed by atoms with van der Waals surface area (Å²) in [5.74, 6) is 1.71. The summed E-state index contributed by atoms with van der Waals surface area (Å²) in [6.07, 6.45) is 0. The van der Waals surface area contributed by atoms with E-state index in [2.05, 4.69) is 88.5 Å². The van der Waals surface area contributed by atoms with Crippen molar-refractivity contribution in [2.45, 2.75) is 26.3 Å². The molecule has 0 saturated carbocycles. The van der Waals surface area contributed by atoms with Crippen LogP contribution < -0.4 is 19.3 Å². The van der Waals surface area contributed by atoms with E-state index in [0.29, 0.717) is 26.4 Å². The summed E-state index contributed by atoms with van der Waals surface area (Å²) in [7, 11) is 5.59. The second-order valence-electron chi connectivity index (χ2n) is 11.3. The Kier molecular flexibility index (Phi) is 11.5. The molecule has 44 heavy (non-hydrogen) atoms. The van der Waals surface area contributed by atoms with Crippen LogP contribution >= 0.6 is 0 Å². The Morgan fingerprint density at radius 1 is 0.591 bits per heavy atom. The van der Waals surface area contributed by atoms with Crippen LogP contribution in [0.2, 0.25) is 0 Å². The van der Waals surface area contributed by atoms with Gasteiger partial charge in [0.2, 0.25) is 0 Å². The van der Waals surface area contributed by atoms with Crippen molar-refractivity contribution in [1.29, 1.82) is 0 Å². The second kappa shape index (κ2) is 16.1. The summed E-state index contributed by atoms with van der Waals surface area (Å²) in [5, 5.41) is 0. The molecular formula is C37H45N3O4. The molecule has 4 aromatic rings. The van der Waals surface area contributed by atoms with Gasteiger partial charge in [-0.2, -0.15) is 0 Å². The lowest BCUT2D eigenvalue weighted by Gasteiger charge is -2.34. The normalized spacial score (nSPS) is 13.6. The zero-order chi connectivity index (χ0) is 30.6. The number of benzene rings is 4. The van der Waals surface area contributed by atoms with Crippen LogP contribution in [0.1, 0.15) is 22.3 Å². The van der Waals surface area contributed by atoms with Crippen LogP contribution in [0.4, 0.5) is 11.4 Å². The van der Waals surface area contributed by atoms with Crippen molar-refractivity contribution < 1.29 is 18.9 Å². The van der Waals surface area contributed by atoms with Gasteiger partial charge in [-0.15, -0.1) is 0 Å². The van der Waals surface area contributed by atoms with E-state index in [1.54, 1.807) is 14.2 Å². The fraction of sp³-hybridized carbons (Fsp3) is 0.351. The van der Waals surface area contributed by atoms with Crippen LogP contribution in [0.15, 0.2) is 97.1 Å². The van der Waals surface area contributed by atoms with Crippen molar-refractivity contribution in [3.63, 3.8) is 0 Å². The first-order valence-corrected chi connectivity index (χ1v) is 15.4. The third kappa shape index (κ3) is 9.23. The highest BCUT2D eigenvalue weighted by atomic mass is 16.5. The number of piperazine rings is 1. The highest BCUT2D eigenvalue weighted by Crippen LogP contribution is 2.25. The summed E-state index contributed by atoms with van der Waals surface area (Å²) in [6.45, 7) is 8.06. The van der Waals surface area contributed by atoms with E-state index >= 15 is 0 Å². The van der Waals surface area contributed by atoms with Gasteiger partial charge in [-0.05, 0) is 77.8 Å². The van der Waals surface area contributed by atoms with E-state index in [1.165, 1.54) is 22.5 Å². The predicted octanol–water partition coefficient (Wildman–Crippen LogP) is 6.40. The van der Waals surface area contributed by atoms with Gasteiger partial charge in [0.05, 0.1) is 40.6 Å². The van der Waals surface area contributed by atoms with E-state index in [9.17, 15) is 0 Å². The Labute approximate surface area is 262 Å². The van der Waals surface area contributed by atoms with E-state index < -0.39 is 0 Å². The van der Waals surface area contributed by atoms with Crippen molar-refractivity contribution in [3.8, 4) is 11.5 Å². The van der Waals surface area contributed by atoms with Gasteiger partial charge < -0.3 is 33.6 Å². The van der Waals surface area contributed by atoms with Crippen molar-refractivity contribution >= 4 is 11.4 Å². The number of methoxy groups -OCH3 is 2. The molecule has 1 aliphatic heterocycles. The summed E-state index contributed by atoms with van der Waals surface area (Å²) in [4.78, 5) is 7.31.